The van der Waals surface area contributed by atoms with E-state index in [0.29, 0.717) is 16.1 Å². The van der Waals surface area contributed by atoms with Gasteiger partial charge >= 0.3 is 5.97 Å². The van der Waals surface area contributed by atoms with E-state index in [1.165, 1.54) is 18.4 Å². The zero-order chi connectivity index (χ0) is 15.0. The lowest BCUT2D eigenvalue weighted by molar-refractivity contribution is -0.132. The Bertz CT molecular complexity index is 478. The lowest BCUT2D eigenvalue weighted by Crippen LogP contribution is -2.19. The van der Waals surface area contributed by atoms with Gasteiger partial charge in [0, 0.05) is 7.05 Å². The van der Waals surface area contributed by atoms with Crippen molar-refractivity contribution >= 4 is 39.8 Å². The Balaban J connectivity index is 2.85. The molecule has 9 heteroatoms. The Kier molecular flexibility index (Phi) is 7.27. The van der Waals surface area contributed by atoms with Crippen molar-refractivity contribution in [3.8, 4) is 0 Å². The molecule has 112 valence electrons. The highest BCUT2D eigenvalue weighted by atomic mass is 35.5. The van der Waals surface area contributed by atoms with Crippen LogP contribution in [0.4, 0.5) is 5.13 Å². The Morgan fingerprint density at radius 2 is 2.25 bits per heavy atom. The van der Waals surface area contributed by atoms with E-state index in [1.807, 2.05) is 7.05 Å². The molecule has 1 aromatic heterocycles. The predicted molar refractivity (Wildman–Crippen MR) is 79.7 cm³/mol. The van der Waals surface area contributed by atoms with Crippen LogP contribution in [0.15, 0.2) is 5.16 Å². The van der Waals surface area contributed by atoms with Gasteiger partial charge in [0.1, 0.15) is 16.6 Å². The van der Waals surface area contributed by atoms with Gasteiger partial charge in [-0.05, 0) is 20.0 Å². The minimum Gasteiger partial charge on any atom is -0.464 e. The van der Waals surface area contributed by atoms with Gasteiger partial charge in [-0.2, -0.15) is 0 Å². The second-order valence-corrected chi connectivity index (χ2v) is 5.21. The average Bonchev–Trinajstić information content (AvgIpc) is 2.83. The summed E-state index contributed by atoms with van der Waals surface area (Å²) in [6, 6.07) is 0. The number of anilines is 1. The van der Waals surface area contributed by atoms with E-state index < -0.39 is 5.97 Å². The third-order valence-corrected chi connectivity index (χ3v) is 3.49. The summed E-state index contributed by atoms with van der Waals surface area (Å²) in [6.07, 6.45) is 0.765. The quantitative estimate of drug-likeness (QED) is 0.325. The molecule has 1 aromatic rings. The molecule has 0 aliphatic carbocycles. The molecule has 20 heavy (non-hydrogen) atoms. The minimum atomic E-state index is -0.645. The number of hydrogen-bond acceptors (Lipinski definition) is 8. The summed E-state index contributed by atoms with van der Waals surface area (Å²) in [4.78, 5) is 21.0. The van der Waals surface area contributed by atoms with Crippen molar-refractivity contribution in [3.63, 3.8) is 0 Å². The van der Waals surface area contributed by atoms with E-state index in [0.717, 1.165) is 13.0 Å². The second-order valence-electron chi connectivity index (χ2n) is 3.61. The molecule has 1 rings (SSSR count). The normalized spacial score (nSPS) is 11.3. The summed E-state index contributed by atoms with van der Waals surface area (Å²) in [6.45, 7) is 1.17. The molecule has 0 unspecified atom stereocenters. The maximum absolute atomic E-state index is 11.7. The van der Waals surface area contributed by atoms with Crippen LogP contribution in [-0.2, 0) is 14.4 Å². The number of carbonyl (C=O) groups excluding carboxylic acids is 1. The smallest absolute Gasteiger partial charge is 0.362 e. The Hall–Kier alpha value is -1.38. The molecule has 0 saturated carbocycles. The van der Waals surface area contributed by atoms with Gasteiger partial charge in [-0.3, -0.25) is 0 Å². The SMILES string of the molecule is CNCCCO/N=C(\C(=O)OC)c1nc(NC)sc1Cl. The number of ether oxygens (including phenoxy) is 1. The summed E-state index contributed by atoms with van der Waals surface area (Å²) in [7, 11) is 4.82. The van der Waals surface area contributed by atoms with Gasteiger partial charge in [0.2, 0.25) is 5.71 Å². The van der Waals surface area contributed by atoms with E-state index >= 15 is 0 Å². The molecule has 0 atom stereocenters. The first-order chi connectivity index (χ1) is 9.63. The van der Waals surface area contributed by atoms with Gasteiger partial charge < -0.3 is 20.2 Å². The maximum atomic E-state index is 11.7. The molecule has 0 amide bonds. The topological polar surface area (TPSA) is 84.8 Å². The Morgan fingerprint density at radius 1 is 1.50 bits per heavy atom. The van der Waals surface area contributed by atoms with Gasteiger partial charge in [0.15, 0.2) is 5.13 Å². The number of hydrogen-bond donors (Lipinski definition) is 2. The molecule has 0 fully saturated rings. The first-order valence-electron chi connectivity index (χ1n) is 5.91. The van der Waals surface area contributed by atoms with Crippen LogP contribution in [0.3, 0.4) is 0 Å². The fourth-order valence-electron chi connectivity index (χ4n) is 1.25. The number of carbonyl (C=O) groups is 1. The summed E-state index contributed by atoms with van der Waals surface area (Å²) in [5, 5.41) is 10.2. The Labute approximate surface area is 126 Å². The van der Waals surface area contributed by atoms with Gasteiger partial charge in [-0.1, -0.05) is 28.1 Å². The lowest BCUT2D eigenvalue weighted by Gasteiger charge is -2.03. The summed E-state index contributed by atoms with van der Waals surface area (Å²) >= 11 is 7.25. The second kappa shape index (κ2) is 8.72. The number of methoxy groups -OCH3 is 1. The fourth-order valence-corrected chi connectivity index (χ4v) is 2.25. The first kappa shape index (κ1) is 16.7. The maximum Gasteiger partial charge on any atom is 0.362 e. The highest BCUT2D eigenvalue weighted by Gasteiger charge is 2.23. The minimum absolute atomic E-state index is 0.0419. The molecule has 0 aliphatic rings. The van der Waals surface area contributed by atoms with Crippen molar-refractivity contribution in [1.29, 1.82) is 0 Å². The van der Waals surface area contributed by atoms with Gasteiger partial charge in [-0.15, -0.1) is 0 Å². The van der Waals surface area contributed by atoms with Crippen molar-refractivity contribution in [2.45, 2.75) is 6.42 Å². The fraction of sp³-hybridized carbons (Fsp3) is 0.545. The van der Waals surface area contributed by atoms with E-state index in [1.54, 1.807) is 7.05 Å². The number of oxime groups is 1. The van der Waals surface area contributed by atoms with Crippen molar-refractivity contribution in [2.75, 3.05) is 39.7 Å². The molecule has 0 saturated heterocycles. The van der Waals surface area contributed by atoms with Crippen LogP contribution in [0.25, 0.3) is 0 Å². The molecule has 7 nitrogen and oxygen atoms in total. The van der Waals surface area contributed by atoms with E-state index in [9.17, 15) is 4.79 Å². The number of thiazole rings is 1. The number of rotatable bonds is 8. The van der Waals surface area contributed by atoms with Crippen molar-refractivity contribution in [2.24, 2.45) is 5.16 Å². The first-order valence-corrected chi connectivity index (χ1v) is 7.10. The summed E-state index contributed by atoms with van der Waals surface area (Å²) in [5.41, 5.74) is 0.209. The van der Waals surface area contributed by atoms with Crippen molar-refractivity contribution in [3.05, 3.63) is 10.0 Å². The summed E-state index contributed by atoms with van der Waals surface area (Å²) in [5.74, 6) is -0.645. The van der Waals surface area contributed by atoms with Crippen LogP contribution in [-0.4, -0.2) is 51.0 Å². The van der Waals surface area contributed by atoms with Crippen LogP contribution < -0.4 is 10.6 Å². The molecule has 1 heterocycles. The number of esters is 1. The molecular formula is C11H17ClN4O3S. The number of nitrogens with zero attached hydrogens (tertiary/aromatic N) is 2. The van der Waals surface area contributed by atoms with E-state index in [-0.39, 0.29) is 11.4 Å². The molecule has 0 aliphatic heterocycles. The Morgan fingerprint density at radius 3 is 2.80 bits per heavy atom. The highest BCUT2D eigenvalue weighted by Crippen LogP contribution is 2.28. The zero-order valence-corrected chi connectivity index (χ0v) is 13.1. The van der Waals surface area contributed by atoms with Gasteiger partial charge in [0.25, 0.3) is 0 Å². The van der Waals surface area contributed by atoms with Crippen LogP contribution in [0.5, 0.6) is 0 Å². The van der Waals surface area contributed by atoms with Crippen molar-refractivity contribution in [1.82, 2.24) is 10.3 Å². The largest absolute Gasteiger partial charge is 0.464 e. The van der Waals surface area contributed by atoms with E-state index in [2.05, 4.69) is 25.5 Å². The molecule has 0 bridgehead atoms. The molecular weight excluding hydrogens is 304 g/mol. The van der Waals surface area contributed by atoms with E-state index in [4.69, 9.17) is 16.4 Å². The van der Waals surface area contributed by atoms with Crippen LogP contribution in [0, 0.1) is 0 Å². The lowest BCUT2D eigenvalue weighted by atomic mass is 10.3. The average molecular weight is 321 g/mol. The molecule has 0 aromatic carbocycles. The highest BCUT2D eigenvalue weighted by molar-refractivity contribution is 7.19. The zero-order valence-electron chi connectivity index (χ0n) is 11.5. The van der Waals surface area contributed by atoms with Gasteiger partial charge in [0.05, 0.1) is 7.11 Å². The van der Waals surface area contributed by atoms with Crippen LogP contribution in [0.1, 0.15) is 12.1 Å². The third-order valence-electron chi connectivity index (χ3n) is 2.22. The molecule has 0 radical (unpaired) electrons. The van der Waals surface area contributed by atoms with Crippen molar-refractivity contribution < 1.29 is 14.4 Å². The monoisotopic (exact) mass is 320 g/mol. The van der Waals surface area contributed by atoms with Gasteiger partial charge in [-0.25, -0.2) is 9.78 Å². The van der Waals surface area contributed by atoms with Crippen LogP contribution in [0.2, 0.25) is 4.34 Å². The number of halogens is 1. The molecule has 2 N–H and O–H groups in total. The third kappa shape index (κ3) is 4.62. The standard InChI is InChI=1S/C11H17ClN4O3S/c1-13-5-4-6-19-16-8(10(17)18-3)7-9(12)20-11(14-2)15-7/h13H,4-6H2,1-3H3,(H,14,15)/b16-8-. The molecule has 0 spiro atoms. The van der Waals surface area contributed by atoms with Crippen LogP contribution >= 0.6 is 22.9 Å². The number of nitrogens with one attached hydrogen (secondary N) is 2. The summed E-state index contributed by atoms with van der Waals surface area (Å²) < 4.78 is 5.01. The number of aromatic nitrogens is 1. The predicted octanol–water partition coefficient (Wildman–Crippen LogP) is 1.34.